The standard InChI is InChI=1S/C24H28FN3O5S/c1-14(15(2)29)28-20-9-18(21(30)10-24(4)12-34(31,32)13-24)11-26-23(20)22(27-28)17-6-5-7-19(8-17)33-16(3)25/h5-9,11,14-16,29H,10,12-13H2,1-4H3/t14-,15-,16?/m1/s1. The Labute approximate surface area is 197 Å². The molecular formula is C24H28FN3O5S. The SMILES string of the molecule is CC(F)Oc1cccc(-c2nn([C@H](C)[C@@H](C)O)c3cc(C(=O)CC4(C)CS(=O)(=O)C4)cnc23)c1. The van der Waals surface area contributed by atoms with Gasteiger partial charge in [0.1, 0.15) is 17.0 Å². The normalized spacial score (nSPS) is 19.2. The Kier molecular flexibility index (Phi) is 6.24. The number of alkyl halides is 1. The van der Waals surface area contributed by atoms with E-state index in [0.29, 0.717) is 33.6 Å². The quantitative estimate of drug-likeness (QED) is 0.480. The van der Waals surface area contributed by atoms with Crippen LogP contribution in [0.4, 0.5) is 4.39 Å². The van der Waals surface area contributed by atoms with Gasteiger partial charge in [0.25, 0.3) is 0 Å². The Morgan fingerprint density at radius 2 is 1.97 bits per heavy atom. The lowest BCUT2D eigenvalue weighted by molar-refractivity contribution is 0.0860. The van der Waals surface area contributed by atoms with E-state index in [2.05, 4.69) is 10.1 Å². The number of carbonyl (C=O) groups is 1. The summed E-state index contributed by atoms with van der Waals surface area (Å²) >= 11 is 0. The number of benzene rings is 1. The molecule has 3 atom stereocenters. The van der Waals surface area contributed by atoms with E-state index in [9.17, 15) is 22.7 Å². The number of nitrogens with zero attached hydrogens (tertiary/aromatic N) is 3. The van der Waals surface area contributed by atoms with Crippen LogP contribution in [0, 0.1) is 5.41 Å². The van der Waals surface area contributed by atoms with Crippen molar-refractivity contribution >= 4 is 26.7 Å². The summed E-state index contributed by atoms with van der Waals surface area (Å²) in [4.78, 5) is 17.5. The third kappa shape index (κ3) is 4.83. The van der Waals surface area contributed by atoms with Crippen LogP contribution in [-0.2, 0) is 9.84 Å². The molecule has 1 unspecified atom stereocenters. The smallest absolute Gasteiger partial charge is 0.235 e. The van der Waals surface area contributed by atoms with Crippen molar-refractivity contribution in [2.45, 2.75) is 52.6 Å². The van der Waals surface area contributed by atoms with Crippen LogP contribution >= 0.6 is 0 Å². The maximum Gasteiger partial charge on any atom is 0.235 e. The highest BCUT2D eigenvalue weighted by atomic mass is 32.2. The summed E-state index contributed by atoms with van der Waals surface area (Å²) in [6.07, 6.45) is -0.628. The molecule has 1 fully saturated rings. The Hall–Kier alpha value is -2.85. The van der Waals surface area contributed by atoms with E-state index in [1.807, 2.05) is 0 Å². The number of Topliss-reactive ketones (excluding diaryl/α,β-unsaturated/α-hetero) is 1. The van der Waals surface area contributed by atoms with Gasteiger partial charge in [-0.3, -0.25) is 14.5 Å². The molecule has 1 aliphatic rings. The van der Waals surface area contributed by atoms with Crippen molar-refractivity contribution < 1.29 is 27.4 Å². The molecule has 34 heavy (non-hydrogen) atoms. The molecule has 182 valence electrons. The minimum absolute atomic E-state index is 0.00152. The van der Waals surface area contributed by atoms with Crippen molar-refractivity contribution in [2.75, 3.05) is 11.5 Å². The van der Waals surface area contributed by atoms with Gasteiger partial charge in [0.2, 0.25) is 6.36 Å². The molecule has 4 rings (SSSR count). The zero-order valence-corrected chi connectivity index (χ0v) is 20.3. The number of aliphatic hydroxyl groups excluding tert-OH is 1. The summed E-state index contributed by atoms with van der Waals surface area (Å²) in [5.74, 6) is 0.143. The van der Waals surface area contributed by atoms with Crippen LogP contribution < -0.4 is 4.74 Å². The average Bonchev–Trinajstić information content (AvgIpc) is 3.09. The number of fused-ring (bicyclic) bond motifs is 1. The van der Waals surface area contributed by atoms with E-state index in [1.54, 1.807) is 55.8 Å². The van der Waals surface area contributed by atoms with Crippen LogP contribution in [0.2, 0.25) is 0 Å². The summed E-state index contributed by atoms with van der Waals surface area (Å²) in [5, 5.41) is 14.9. The monoisotopic (exact) mass is 489 g/mol. The van der Waals surface area contributed by atoms with Gasteiger partial charge in [0.05, 0.1) is 29.2 Å². The molecule has 2 aromatic heterocycles. The lowest BCUT2D eigenvalue weighted by Crippen LogP contribution is -2.47. The first-order valence-electron chi connectivity index (χ1n) is 11.1. The lowest BCUT2D eigenvalue weighted by Gasteiger charge is -2.37. The number of halogens is 1. The van der Waals surface area contributed by atoms with E-state index in [-0.39, 0.29) is 23.7 Å². The highest BCUT2D eigenvalue weighted by Gasteiger charge is 2.45. The van der Waals surface area contributed by atoms with Gasteiger partial charge in [-0.05, 0) is 32.0 Å². The Morgan fingerprint density at radius 1 is 1.26 bits per heavy atom. The molecule has 1 aliphatic heterocycles. The first-order chi connectivity index (χ1) is 15.9. The molecule has 1 saturated heterocycles. The van der Waals surface area contributed by atoms with Crippen molar-refractivity contribution in [1.82, 2.24) is 14.8 Å². The molecule has 1 N–H and O–H groups in total. The molecule has 0 radical (unpaired) electrons. The number of rotatable bonds is 8. The fraction of sp³-hybridized carbons (Fsp3) is 0.458. The molecule has 0 spiro atoms. The van der Waals surface area contributed by atoms with Crippen LogP contribution in [0.1, 0.15) is 50.5 Å². The minimum Gasteiger partial charge on any atom is -0.461 e. The third-order valence-electron chi connectivity index (χ3n) is 6.08. The maximum atomic E-state index is 13.3. The van der Waals surface area contributed by atoms with Gasteiger partial charge in [-0.25, -0.2) is 12.8 Å². The first-order valence-corrected chi connectivity index (χ1v) is 12.9. The highest BCUT2D eigenvalue weighted by Crippen LogP contribution is 2.37. The number of ketones is 1. The summed E-state index contributed by atoms with van der Waals surface area (Å²) in [6.45, 7) is 6.54. The predicted molar refractivity (Wildman–Crippen MR) is 126 cm³/mol. The Balaban J connectivity index is 1.75. The summed E-state index contributed by atoms with van der Waals surface area (Å²) in [6, 6.07) is 8.09. The van der Waals surface area contributed by atoms with E-state index in [1.165, 1.54) is 13.1 Å². The van der Waals surface area contributed by atoms with Crippen molar-refractivity contribution in [3.63, 3.8) is 0 Å². The lowest BCUT2D eigenvalue weighted by atomic mass is 9.86. The second-order valence-corrected chi connectivity index (χ2v) is 11.6. The Morgan fingerprint density at radius 3 is 2.59 bits per heavy atom. The first kappa shape index (κ1) is 24.3. The summed E-state index contributed by atoms with van der Waals surface area (Å²) in [7, 11) is -3.06. The van der Waals surface area contributed by atoms with Gasteiger partial charge in [-0.15, -0.1) is 0 Å². The molecule has 0 amide bonds. The molecule has 0 saturated carbocycles. The van der Waals surface area contributed by atoms with Gasteiger partial charge in [0.15, 0.2) is 15.6 Å². The maximum absolute atomic E-state index is 13.3. The fourth-order valence-electron chi connectivity index (χ4n) is 4.40. The number of aromatic nitrogens is 3. The molecule has 3 aromatic rings. The van der Waals surface area contributed by atoms with Crippen LogP contribution in [0.5, 0.6) is 5.75 Å². The largest absolute Gasteiger partial charge is 0.461 e. The van der Waals surface area contributed by atoms with E-state index in [0.717, 1.165) is 0 Å². The molecule has 0 aliphatic carbocycles. The number of sulfone groups is 1. The van der Waals surface area contributed by atoms with Crippen LogP contribution in [-0.4, -0.2) is 58.0 Å². The molecule has 0 bridgehead atoms. The number of hydrogen-bond donors (Lipinski definition) is 1. The van der Waals surface area contributed by atoms with Gasteiger partial charge in [-0.1, -0.05) is 19.1 Å². The predicted octanol–water partition coefficient (Wildman–Crippen LogP) is 3.74. The van der Waals surface area contributed by atoms with Gasteiger partial charge >= 0.3 is 0 Å². The van der Waals surface area contributed by atoms with Crippen molar-refractivity contribution in [3.05, 3.63) is 42.1 Å². The summed E-state index contributed by atoms with van der Waals surface area (Å²) < 4.78 is 43.3. The van der Waals surface area contributed by atoms with Crippen LogP contribution in [0.3, 0.4) is 0 Å². The van der Waals surface area contributed by atoms with Crippen LogP contribution in [0.25, 0.3) is 22.3 Å². The fourth-order valence-corrected chi connectivity index (χ4v) is 6.64. The second-order valence-electron chi connectivity index (χ2n) is 9.50. The third-order valence-corrected chi connectivity index (χ3v) is 8.36. The number of carbonyl (C=O) groups excluding carboxylic acids is 1. The molecule has 3 heterocycles. The zero-order chi connectivity index (χ0) is 24.8. The molecular weight excluding hydrogens is 461 g/mol. The molecule has 1 aromatic carbocycles. The Bertz CT molecular complexity index is 1340. The number of pyridine rings is 1. The summed E-state index contributed by atoms with van der Waals surface area (Å²) in [5.41, 5.74) is 2.02. The number of ether oxygens (including phenoxy) is 1. The molecule has 10 heteroatoms. The van der Waals surface area contributed by atoms with Crippen LogP contribution in [0.15, 0.2) is 36.5 Å². The van der Waals surface area contributed by atoms with Gasteiger partial charge < -0.3 is 9.84 Å². The zero-order valence-electron chi connectivity index (χ0n) is 19.5. The highest BCUT2D eigenvalue weighted by molar-refractivity contribution is 7.92. The van der Waals surface area contributed by atoms with Crippen molar-refractivity contribution in [2.24, 2.45) is 5.41 Å². The minimum atomic E-state index is -3.06. The van der Waals surface area contributed by atoms with E-state index < -0.39 is 33.8 Å². The van der Waals surface area contributed by atoms with E-state index in [4.69, 9.17) is 4.74 Å². The number of hydrogen-bond acceptors (Lipinski definition) is 7. The second kappa shape index (κ2) is 8.74. The average molecular weight is 490 g/mol. The number of aliphatic hydroxyl groups is 1. The van der Waals surface area contributed by atoms with Crippen molar-refractivity contribution in [3.8, 4) is 17.0 Å². The topological polar surface area (TPSA) is 111 Å². The molecule has 8 nitrogen and oxygen atoms in total. The van der Waals surface area contributed by atoms with Crippen molar-refractivity contribution in [1.29, 1.82) is 0 Å². The van der Waals surface area contributed by atoms with E-state index >= 15 is 0 Å². The van der Waals surface area contributed by atoms with Gasteiger partial charge in [-0.2, -0.15) is 5.10 Å². The van der Waals surface area contributed by atoms with Gasteiger partial charge in [0, 0.05) is 36.1 Å².